The fraction of sp³-hybridized carbons (Fsp3) is 0.375. The Balaban J connectivity index is 0.00000288. The summed E-state index contributed by atoms with van der Waals surface area (Å²) < 4.78 is 14.0. The van der Waals surface area contributed by atoms with Crippen molar-refractivity contribution in [2.45, 2.75) is 33.9 Å². The van der Waals surface area contributed by atoms with Crippen molar-refractivity contribution >= 4 is 57.2 Å². The van der Waals surface area contributed by atoms with Crippen LogP contribution in [0.15, 0.2) is 27.7 Å². The number of rotatable bonds is 5. The smallest absolute Gasteiger partial charge is 0.191 e. The molecule has 0 atom stereocenters. The van der Waals surface area contributed by atoms with Crippen LogP contribution in [0.5, 0.6) is 0 Å². The maximum Gasteiger partial charge on any atom is 0.191 e. The third-order valence-electron chi connectivity index (χ3n) is 3.23. The van der Waals surface area contributed by atoms with E-state index in [9.17, 15) is 4.39 Å². The number of guanidine groups is 1. The molecule has 2 rings (SSSR count). The van der Waals surface area contributed by atoms with Crippen LogP contribution in [-0.2, 0) is 13.1 Å². The monoisotopic (exact) mass is 526 g/mol. The van der Waals surface area contributed by atoms with Gasteiger partial charge in [0.05, 0.1) is 23.3 Å². The van der Waals surface area contributed by atoms with Gasteiger partial charge < -0.3 is 10.6 Å². The predicted octanol–water partition coefficient (Wildman–Crippen LogP) is 4.53. The van der Waals surface area contributed by atoms with Crippen LogP contribution in [0.1, 0.15) is 28.1 Å². The molecular formula is C16H21BrFIN4S. The quantitative estimate of drug-likeness (QED) is 0.342. The Bertz CT molecular complexity index is 686. The summed E-state index contributed by atoms with van der Waals surface area (Å²) in [6, 6.07) is 5.04. The summed E-state index contributed by atoms with van der Waals surface area (Å²) in [7, 11) is 0. The van der Waals surface area contributed by atoms with Gasteiger partial charge in [0.1, 0.15) is 10.8 Å². The summed E-state index contributed by atoms with van der Waals surface area (Å²) in [6.07, 6.45) is 0. The number of nitrogens with zero attached hydrogens (tertiary/aromatic N) is 2. The summed E-state index contributed by atoms with van der Waals surface area (Å²) in [4.78, 5) is 10.2. The van der Waals surface area contributed by atoms with E-state index in [1.165, 1.54) is 10.9 Å². The van der Waals surface area contributed by atoms with Gasteiger partial charge >= 0.3 is 0 Å². The Morgan fingerprint density at radius 2 is 2.08 bits per heavy atom. The van der Waals surface area contributed by atoms with E-state index < -0.39 is 0 Å². The zero-order chi connectivity index (χ0) is 16.8. The Hall–Kier alpha value is -0.740. The van der Waals surface area contributed by atoms with Gasteiger partial charge in [-0.3, -0.25) is 0 Å². The minimum atomic E-state index is -0.274. The van der Waals surface area contributed by atoms with Crippen molar-refractivity contribution < 1.29 is 4.39 Å². The molecule has 8 heteroatoms. The molecular weight excluding hydrogens is 506 g/mol. The number of aromatic nitrogens is 1. The van der Waals surface area contributed by atoms with Crippen molar-refractivity contribution in [2.24, 2.45) is 4.99 Å². The van der Waals surface area contributed by atoms with Crippen LogP contribution < -0.4 is 10.6 Å². The van der Waals surface area contributed by atoms with Crippen molar-refractivity contribution in [3.8, 4) is 0 Å². The minimum absolute atomic E-state index is 0. The second-order valence-electron chi connectivity index (χ2n) is 5.05. The summed E-state index contributed by atoms with van der Waals surface area (Å²) in [5, 5.41) is 7.47. The first kappa shape index (κ1) is 21.3. The zero-order valence-electron chi connectivity index (χ0n) is 13.8. The normalized spacial score (nSPS) is 11.1. The first-order valence-corrected chi connectivity index (χ1v) is 8.99. The topological polar surface area (TPSA) is 49.3 Å². The molecule has 1 aromatic heterocycles. The molecule has 0 aliphatic heterocycles. The standard InChI is InChI=1S/C16H20BrFN4S.HI/c1-4-19-16(21-9-15-22-10(2)11(3)23-15)20-8-12-5-6-13(17)14(18)7-12;/h5-7H,4,8-9H2,1-3H3,(H2,19,20,21);1H. The van der Waals surface area contributed by atoms with Gasteiger partial charge in [0.15, 0.2) is 5.96 Å². The first-order chi connectivity index (χ1) is 11.0. The van der Waals surface area contributed by atoms with Gasteiger partial charge in [0, 0.05) is 11.4 Å². The van der Waals surface area contributed by atoms with Crippen LogP contribution in [0.25, 0.3) is 0 Å². The average molecular weight is 527 g/mol. The molecule has 2 N–H and O–H groups in total. The largest absolute Gasteiger partial charge is 0.357 e. The van der Waals surface area contributed by atoms with E-state index in [2.05, 4.69) is 43.5 Å². The van der Waals surface area contributed by atoms with Crippen molar-refractivity contribution in [2.75, 3.05) is 6.54 Å². The van der Waals surface area contributed by atoms with Crippen molar-refractivity contribution in [1.29, 1.82) is 0 Å². The zero-order valence-corrected chi connectivity index (χ0v) is 18.6. The lowest BCUT2D eigenvalue weighted by Crippen LogP contribution is -2.36. The van der Waals surface area contributed by atoms with Crippen molar-refractivity contribution in [3.63, 3.8) is 0 Å². The fourth-order valence-electron chi connectivity index (χ4n) is 1.92. The van der Waals surface area contributed by atoms with Gasteiger partial charge in [-0.25, -0.2) is 14.4 Å². The Kier molecular flexibility index (Phi) is 9.14. The SMILES string of the molecule is CCNC(=NCc1ccc(Br)c(F)c1)NCc1nc(C)c(C)s1.I. The van der Waals surface area contributed by atoms with Gasteiger partial charge in [-0.1, -0.05) is 6.07 Å². The molecule has 1 heterocycles. The van der Waals surface area contributed by atoms with Crippen LogP contribution in [-0.4, -0.2) is 17.5 Å². The molecule has 0 aliphatic rings. The molecule has 4 nitrogen and oxygen atoms in total. The molecule has 1 aromatic carbocycles. The van der Waals surface area contributed by atoms with Crippen LogP contribution in [0.2, 0.25) is 0 Å². The molecule has 0 fully saturated rings. The number of aryl methyl sites for hydroxylation is 2. The molecule has 0 saturated heterocycles. The van der Waals surface area contributed by atoms with E-state index in [-0.39, 0.29) is 29.8 Å². The lowest BCUT2D eigenvalue weighted by molar-refractivity contribution is 0.618. The number of thiazole rings is 1. The second kappa shape index (κ2) is 10.3. The maximum atomic E-state index is 13.5. The molecule has 0 bridgehead atoms. The lowest BCUT2D eigenvalue weighted by atomic mass is 10.2. The lowest BCUT2D eigenvalue weighted by Gasteiger charge is -2.10. The highest BCUT2D eigenvalue weighted by Gasteiger charge is 2.05. The van der Waals surface area contributed by atoms with Crippen LogP contribution >= 0.6 is 51.2 Å². The number of aliphatic imine (C=N–C) groups is 1. The van der Waals surface area contributed by atoms with Crippen LogP contribution in [0, 0.1) is 19.7 Å². The Labute approximate surface area is 171 Å². The number of hydrogen-bond acceptors (Lipinski definition) is 3. The van der Waals surface area contributed by atoms with Gasteiger partial charge in [0.2, 0.25) is 0 Å². The minimum Gasteiger partial charge on any atom is -0.357 e. The molecule has 24 heavy (non-hydrogen) atoms. The molecule has 0 aliphatic carbocycles. The van der Waals surface area contributed by atoms with E-state index in [1.807, 2.05) is 19.9 Å². The Morgan fingerprint density at radius 3 is 2.67 bits per heavy atom. The molecule has 0 radical (unpaired) electrons. The second-order valence-corrected chi connectivity index (χ2v) is 7.19. The summed E-state index contributed by atoms with van der Waals surface area (Å²) in [5.74, 6) is 0.422. The summed E-state index contributed by atoms with van der Waals surface area (Å²) in [5.41, 5.74) is 1.89. The predicted molar refractivity (Wildman–Crippen MR) is 113 cm³/mol. The van der Waals surface area contributed by atoms with E-state index in [0.717, 1.165) is 22.8 Å². The molecule has 132 valence electrons. The van der Waals surface area contributed by atoms with Gasteiger partial charge in [-0.2, -0.15) is 0 Å². The summed E-state index contributed by atoms with van der Waals surface area (Å²) in [6.45, 7) is 7.88. The van der Waals surface area contributed by atoms with E-state index in [0.29, 0.717) is 23.5 Å². The van der Waals surface area contributed by atoms with Gasteiger partial charge in [-0.15, -0.1) is 35.3 Å². The highest BCUT2D eigenvalue weighted by molar-refractivity contribution is 14.0. The molecule has 0 unspecified atom stereocenters. The number of nitrogens with one attached hydrogen (secondary N) is 2. The highest BCUT2D eigenvalue weighted by Crippen LogP contribution is 2.17. The van der Waals surface area contributed by atoms with Gasteiger partial charge in [0.25, 0.3) is 0 Å². The van der Waals surface area contributed by atoms with E-state index in [4.69, 9.17) is 0 Å². The van der Waals surface area contributed by atoms with Crippen molar-refractivity contribution in [1.82, 2.24) is 15.6 Å². The molecule has 0 amide bonds. The number of benzene rings is 1. The number of halogens is 3. The number of hydrogen-bond donors (Lipinski definition) is 2. The average Bonchev–Trinajstić information content (AvgIpc) is 2.84. The summed E-state index contributed by atoms with van der Waals surface area (Å²) >= 11 is 4.83. The maximum absolute atomic E-state index is 13.5. The first-order valence-electron chi connectivity index (χ1n) is 7.38. The van der Waals surface area contributed by atoms with Crippen LogP contribution in [0.3, 0.4) is 0 Å². The fourth-order valence-corrected chi connectivity index (χ4v) is 3.04. The third kappa shape index (κ3) is 6.29. The highest BCUT2D eigenvalue weighted by atomic mass is 127. The van der Waals surface area contributed by atoms with Gasteiger partial charge in [-0.05, 0) is 54.4 Å². The molecule has 0 saturated carbocycles. The van der Waals surface area contributed by atoms with Crippen molar-refractivity contribution in [3.05, 3.63) is 49.6 Å². The molecule has 0 spiro atoms. The van der Waals surface area contributed by atoms with E-state index in [1.54, 1.807) is 17.4 Å². The third-order valence-corrected chi connectivity index (χ3v) is 4.94. The Morgan fingerprint density at radius 1 is 1.33 bits per heavy atom. The molecule has 2 aromatic rings. The van der Waals surface area contributed by atoms with Crippen LogP contribution in [0.4, 0.5) is 4.39 Å². The van der Waals surface area contributed by atoms with E-state index >= 15 is 0 Å².